The summed E-state index contributed by atoms with van der Waals surface area (Å²) in [6, 6.07) is 3.64. The summed E-state index contributed by atoms with van der Waals surface area (Å²) in [4.78, 5) is 15.6. The van der Waals surface area contributed by atoms with E-state index in [4.69, 9.17) is 11.6 Å². The molecule has 2 heterocycles. The van der Waals surface area contributed by atoms with Gasteiger partial charge < -0.3 is 0 Å². The Hall–Kier alpha value is -0.930. The van der Waals surface area contributed by atoms with Gasteiger partial charge in [0.2, 0.25) is 0 Å². The third-order valence-electron chi connectivity index (χ3n) is 1.80. The summed E-state index contributed by atoms with van der Waals surface area (Å²) in [5.41, 5.74) is 1.97. The van der Waals surface area contributed by atoms with E-state index in [2.05, 4.69) is 4.98 Å². The number of hydrogen-bond acceptors (Lipinski definition) is 3. The van der Waals surface area contributed by atoms with Crippen LogP contribution < -0.4 is 0 Å². The molecule has 0 aliphatic rings. The van der Waals surface area contributed by atoms with Crippen LogP contribution in [0.5, 0.6) is 0 Å². The molecule has 2 nitrogen and oxygen atoms in total. The standard InChI is InChI=1S/C9H6ClNOS/c1-5-2-3-11-6-4-7(9(10)12)13-8(5)6/h2-4H,1H3. The molecule has 0 aliphatic heterocycles. The quantitative estimate of drug-likeness (QED) is 0.679. The molecule has 66 valence electrons. The first-order valence-electron chi connectivity index (χ1n) is 3.73. The minimum atomic E-state index is -0.414. The number of thiophene rings is 1. The van der Waals surface area contributed by atoms with Crippen LogP contribution in [0, 0.1) is 6.92 Å². The molecule has 0 spiro atoms. The Labute approximate surface area is 84.2 Å². The van der Waals surface area contributed by atoms with Crippen LogP contribution in [-0.2, 0) is 0 Å². The lowest BCUT2D eigenvalue weighted by Gasteiger charge is -1.90. The van der Waals surface area contributed by atoms with Crippen molar-refractivity contribution in [2.75, 3.05) is 0 Å². The smallest absolute Gasteiger partial charge is 0.262 e. The van der Waals surface area contributed by atoms with E-state index in [-0.39, 0.29) is 0 Å². The molecule has 0 saturated carbocycles. The van der Waals surface area contributed by atoms with Gasteiger partial charge in [-0.3, -0.25) is 9.78 Å². The van der Waals surface area contributed by atoms with Crippen molar-refractivity contribution in [3.8, 4) is 0 Å². The summed E-state index contributed by atoms with van der Waals surface area (Å²) in [5.74, 6) is 0. The summed E-state index contributed by atoms with van der Waals surface area (Å²) in [7, 11) is 0. The molecule has 0 radical (unpaired) electrons. The number of rotatable bonds is 1. The third kappa shape index (κ3) is 1.45. The van der Waals surface area contributed by atoms with Crippen LogP contribution in [0.2, 0.25) is 0 Å². The van der Waals surface area contributed by atoms with Crippen LogP contribution in [0.1, 0.15) is 15.2 Å². The number of hydrogen-bond donors (Lipinski definition) is 0. The molecule has 0 unspecified atom stereocenters. The van der Waals surface area contributed by atoms with Gasteiger partial charge in [0.05, 0.1) is 15.1 Å². The molecule has 0 saturated heterocycles. The molecule has 0 N–H and O–H groups in total. The molecular formula is C9H6ClNOS. The SMILES string of the molecule is Cc1ccnc2cc(C(=O)Cl)sc12. The molecule has 0 aromatic carbocycles. The summed E-state index contributed by atoms with van der Waals surface area (Å²) in [6.45, 7) is 1.99. The van der Waals surface area contributed by atoms with Gasteiger partial charge in [0, 0.05) is 6.20 Å². The van der Waals surface area contributed by atoms with Gasteiger partial charge in [-0.05, 0) is 36.2 Å². The van der Waals surface area contributed by atoms with E-state index in [1.165, 1.54) is 11.3 Å². The second-order valence-electron chi connectivity index (χ2n) is 2.73. The van der Waals surface area contributed by atoms with Gasteiger partial charge in [0.25, 0.3) is 5.24 Å². The molecule has 0 atom stereocenters. The van der Waals surface area contributed by atoms with Gasteiger partial charge in [0.15, 0.2) is 0 Å². The Bertz CT molecular complexity index is 477. The first-order chi connectivity index (χ1) is 6.18. The average Bonchev–Trinajstić information content (AvgIpc) is 2.49. The topological polar surface area (TPSA) is 30.0 Å². The van der Waals surface area contributed by atoms with Crippen LogP contribution in [0.25, 0.3) is 10.2 Å². The van der Waals surface area contributed by atoms with Crippen molar-refractivity contribution >= 4 is 38.4 Å². The van der Waals surface area contributed by atoms with Gasteiger partial charge in [0.1, 0.15) is 0 Å². The van der Waals surface area contributed by atoms with Crippen LogP contribution in [0.15, 0.2) is 18.3 Å². The van der Waals surface area contributed by atoms with Crippen molar-refractivity contribution in [2.24, 2.45) is 0 Å². The maximum absolute atomic E-state index is 10.9. The minimum Gasteiger partial charge on any atom is -0.275 e. The van der Waals surface area contributed by atoms with E-state index in [9.17, 15) is 4.79 Å². The first kappa shape index (κ1) is 8.66. The summed E-state index contributed by atoms with van der Waals surface area (Å²) in [6.07, 6.45) is 1.73. The fourth-order valence-electron chi connectivity index (χ4n) is 1.16. The van der Waals surface area contributed by atoms with Crippen molar-refractivity contribution < 1.29 is 4.79 Å². The highest BCUT2D eigenvalue weighted by atomic mass is 35.5. The monoisotopic (exact) mass is 211 g/mol. The molecule has 2 aromatic rings. The fraction of sp³-hybridized carbons (Fsp3) is 0.111. The Morgan fingerprint density at radius 2 is 2.38 bits per heavy atom. The zero-order valence-electron chi connectivity index (χ0n) is 6.87. The van der Waals surface area contributed by atoms with E-state index in [0.717, 1.165) is 15.8 Å². The predicted octanol–water partition coefficient (Wildman–Crippen LogP) is 2.98. The van der Waals surface area contributed by atoms with E-state index in [1.54, 1.807) is 12.3 Å². The molecule has 2 rings (SSSR count). The number of carbonyl (C=O) groups is 1. The zero-order chi connectivity index (χ0) is 9.42. The Kier molecular flexibility index (Phi) is 2.06. The zero-order valence-corrected chi connectivity index (χ0v) is 8.45. The summed E-state index contributed by atoms with van der Waals surface area (Å²) >= 11 is 6.76. The molecule has 13 heavy (non-hydrogen) atoms. The molecule has 4 heteroatoms. The van der Waals surface area contributed by atoms with Crippen LogP contribution in [0.4, 0.5) is 0 Å². The number of carbonyl (C=O) groups excluding carboxylic acids is 1. The molecule has 0 fully saturated rings. The predicted molar refractivity (Wildman–Crippen MR) is 54.5 cm³/mol. The van der Waals surface area contributed by atoms with E-state index in [1.807, 2.05) is 13.0 Å². The maximum atomic E-state index is 10.9. The van der Waals surface area contributed by atoms with Crippen molar-refractivity contribution in [2.45, 2.75) is 6.92 Å². The highest BCUT2D eigenvalue weighted by molar-refractivity contribution is 7.22. The lowest BCUT2D eigenvalue weighted by molar-refractivity contribution is 0.108. The first-order valence-corrected chi connectivity index (χ1v) is 4.93. The number of fused-ring (bicyclic) bond motifs is 1. The summed E-state index contributed by atoms with van der Waals surface area (Å²) in [5, 5.41) is -0.414. The third-order valence-corrected chi connectivity index (χ3v) is 3.38. The average molecular weight is 212 g/mol. The van der Waals surface area contributed by atoms with Gasteiger partial charge in [-0.1, -0.05) is 0 Å². The molecular weight excluding hydrogens is 206 g/mol. The van der Waals surface area contributed by atoms with Crippen molar-refractivity contribution in [3.05, 3.63) is 28.8 Å². The normalized spacial score (nSPS) is 10.6. The second kappa shape index (κ2) is 3.09. The van der Waals surface area contributed by atoms with Crippen LogP contribution >= 0.6 is 22.9 Å². The van der Waals surface area contributed by atoms with Crippen molar-refractivity contribution in [3.63, 3.8) is 0 Å². The van der Waals surface area contributed by atoms with E-state index >= 15 is 0 Å². The highest BCUT2D eigenvalue weighted by Gasteiger charge is 2.09. The Morgan fingerprint density at radius 1 is 1.62 bits per heavy atom. The Morgan fingerprint density at radius 3 is 3.00 bits per heavy atom. The molecule has 0 aliphatic carbocycles. The number of halogens is 1. The lowest BCUT2D eigenvalue weighted by atomic mass is 10.3. The van der Waals surface area contributed by atoms with Gasteiger partial charge >= 0.3 is 0 Å². The van der Waals surface area contributed by atoms with Crippen LogP contribution in [-0.4, -0.2) is 10.2 Å². The highest BCUT2D eigenvalue weighted by Crippen LogP contribution is 2.27. The molecule has 2 aromatic heterocycles. The Balaban J connectivity index is 2.75. The van der Waals surface area contributed by atoms with Gasteiger partial charge in [-0.25, -0.2) is 0 Å². The van der Waals surface area contributed by atoms with Crippen LogP contribution in [0.3, 0.4) is 0 Å². The molecule has 0 bridgehead atoms. The maximum Gasteiger partial charge on any atom is 0.262 e. The largest absolute Gasteiger partial charge is 0.275 e. The van der Waals surface area contributed by atoms with Crippen molar-refractivity contribution in [1.82, 2.24) is 4.98 Å². The summed E-state index contributed by atoms with van der Waals surface area (Å²) < 4.78 is 1.03. The van der Waals surface area contributed by atoms with E-state index < -0.39 is 5.24 Å². The molecule has 0 amide bonds. The van der Waals surface area contributed by atoms with Gasteiger partial charge in [-0.15, -0.1) is 11.3 Å². The van der Waals surface area contributed by atoms with Crippen molar-refractivity contribution in [1.29, 1.82) is 0 Å². The fourth-order valence-corrected chi connectivity index (χ4v) is 2.25. The minimum absolute atomic E-state index is 0.414. The van der Waals surface area contributed by atoms with E-state index in [0.29, 0.717) is 4.88 Å². The lowest BCUT2D eigenvalue weighted by Crippen LogP contribution is -1.78. The number of pyridine rings is 1. The number of aromatic nitrogens is 1. The number of nitrogens with zero attached hydrogens (tertiary/aromatic N) is 1. The number of aryl methyl sites for hydroxylation is 1. The van der Waals surface area contributed by atoms with Gasteiger partial charge in [-0.2, -0.15) is 0 Å². The second-order valence-corrected chi connectivity index (χ2v) is 4.12.